The molecule has 3 N–H and O–H groups in total. The van der Waals surface area contributed by atoms with Crippen molar-refractivity contribution in [2.45, 2.75) is 71.3 Å². The molecule has 1 aliphatic heterocycles. The number of piperidine rings is 1. The molecule has 178 valence electrons. The van der Waals surface area contributed by atoms with Crippen LogP contribution in [0.3, 0.4) is 0 Å². The van der Waals surface area contributed by atoms with Crippen molar-refractivity contribution in [2.24, 2.45) is 0 Å². The van der Waals surface area contributed by atoms with Gasteiger partial charge in [-0.2, -0.15) is 0 Å². The predicted molar refractivity (Wildman–Crippen MR) is 131 cm³/mol. The number of aromatic amines is 1. The van der Waals surface area contributed by atoms with Crippen LogP contribution < -0.4 is 15.6 Å². The van der Waals surface area contributed by atoms with Crippen molar-refractivity contribution < 1.29 is 9.53 Å². The van der Waals surface area contributed by atoms with Crippen LogP contribution in [-0.4, -0.2) is 45.8 Å². The van der Waals surface area contributed by atoms with Gasteiger partial charge in [-0.3, -0.25) is 4.79 Å². The third-order valence-electron chi connectivity index (χ3n) is 6.07. The number of amides is 1. The van der Waals surface area contributed by atoms with Gasteiger partial charge in [-0.15, -0.1) is 0 Å². The minimum Gasteiger partial charge on any atom is -0.410 e. The van der Waals surface area contributed by atoms with E-state index in [-0.39, 0.29) is 28.8 Å². The minimum absolute atomic E-state index is 0.105. The third-order valence-corrected chi connectivity index (χ3v) is 6.07. The van der Waals surface area contributed by atoms with Gasteiger partial charge in [0.1, 0.15) is 23.0 Å². The lowest BCUT2D eigenvalue weighted by molar-refractivity contribution is 0.136. The van der Waals surface area contributed by atoms with Crippen LogP contribution in [0, 0.1) is 5.41 Å². The average Bonchev–Trinajstić information content (AvgIpc) is 2.81. The Morgan fingerprint density at radius 2 is 2.09 bits per heavy atom. The summed E-state index contributed by atoms with van der Waals surface area (Å²) in [6.45, 7) is 6.89. The smallest absolute Gasteiger partial charge is 0.410 e. The maximum absolute atomic E-state index is 12.9. The van der Waals surface area contributed by atoms with Crippen molar-refractivity contribution >= 4 is 17.6 Å². The van der Waals surface area contributed by atoms with Gasteiger partial charge in [-0.05, 0) is 44.7 Å². The Hall–Kier alpha value is -3.16. The SMILES string of the molecule is CCCCC(CC)Nc1nc(C2CCCN(C(=O)Oc3ccccc3)C2)[nH]c(=O)c1C(C)=N. The van der Waals surface area contributed by atoms with Gasteiger partial charge < -0.3 is 25.3 Å². The molecule has 8 heteroatoms. The van der Waals surface area contributed by atoms with E-state index < -0.39 is 6.09 Å². The van der Waals surface area contributed by atoms with Gasteiger partial charge in [-0.1, -0.05) is 44.9 Å². The molecule has 2 aromatic rings. The summed E-state index contributed by atoms with van der Waals surface area (Å²) in [7, 11) is 0. The van der Waals surface area contributed by atoms with Crippen LogP contribution in [0.2, 0.25) is 0 Å². The van der Waals surface area contributed by atoms with E-state index >= 15 is 0 Å². The molecule has 0 spiro atoms. The van der Waals surface area contributed by atoms with Gasteiger partial charge in [0.25, 0.3) is 5.56 Å². The van der Waals surface area contributed by atoms with Crippen molar-refractivity contribution in [3.8, 4) is 5.75 Å². The maximum Gasteiger partial charge on any atom is 0.415 e. The van der Waals surface area contributed by atoms with Crippen LogP contribution in [0.1, 0.15) is 76.6 Å². The molecule has 0 aliphatic carbocycles. The standard InChI is InChI=1S/C25H35N5O3/c1-4-6-12-19(5-2)27-23-21(17(3)26)24(31)29-22(28-23)18-11-10-15-30(16-18)25(32)33-20-13-8-7-9-14-20/h7-9,13-14,18-19,26H,4-6,10-12,15-16H2,1-3H3,(H2,27,28,29,31). The number of carbonyl (C=O) groups excluding carboxylic acids is 1. The third kappa shape index (κ3) is 6.43. The summed E-state index contributed by atoms with van der Waals surface area (Å²) < 4.78 is 5.49. The number of para-hydroxylation sites is 1. The molecule has 1 saturated heterocycles. The van der Waals surface area contributed by atoms with Crippen LogP contribution >= 0.6 is 0 Å². The second-order valence-corrected chi connectivity index (χ2v) is 8.66. The first-order valence-corrected chi connectivity index (χ1v) is 11.9. The molecule has 2 unspecified atom stereocenters. The predicted octanol–water partition coefficient (Wildman–Crippen LogP) is 4.92. The number of unbranched alkanes of at least 4 members (excludes halogenated alkanes) is 1. The fourth-order valence-corrected chi connectivity index (χ4v) is 4.18. The second-order valence-electron chi connectivity index (χ2n) is 8.66. The fourth-order valence-electron chi connectivity index (χ4n) is 4.18. The van der Waals surface area contributed by atoms with Crippen molar-refractivity contribution in [1.82, 2.24) is 14.9 Å². The molecular weight excluding hydrogens is 418 g/mol. The largest absolute Gasteiger partial charge is 0.415 e. The van der Waals surface area contributed by atoms with E-state index in [0.29, 0.717) is 30.5 Å². The van der Waals surface area contributed by atoms with Gasteiger partial charge in [0, 0.05) is 30.8 Å². The van der Waals surface area contributed by atoms with E-state index in [1.807, 2.05) is 18.2 Å². The Morgan fingerprint density at radius 1 is 1.33 bits per heavy atom. The molecule has 1 fully saturated rings. The summed E-state index contributed by atoms with van der Waals surface area (Å²) in [4.78, 5) is 34.9. The van der Waals surface area contributed by atoms with E-state index in [1.54, 1.807) is 24.0 Å². The maximum atomic E-state index is 12.9. The Kier molecular flexibility index (Phi) is 8.63. The highest BCUT2D eigenvalue weighted by Gasteiger charge is 2.29. The summed E-state index contributed by atoms with van der Waals surface area (Å²) >= 11 is 0. The Morgan fingerprint density at radius 3 is 2.76 bits per heavy atom. The molecule has 0 bridgehead atoms. The number of ether oxygens (including phenoxy) is 1. The normalized spacial score (nSPS) is 16.8. The van der Waals surface area contributed by atoms with E-state index in [9.17, 15) is 9.59 Å². The first kappa shape index (κ1) is 24.5. The zero-order valence-electron chi connectivity index (χ0n) is 19.8. The Bertz CT molecular complexity index is 1000. The zero-order chi connectivity index (χ0) is 23.8. The first-order chi connectivity index (χ1) is 15.9. The van der Waals surface area contributed by atoms with Gasteiger partial charge in [0.05, 0.1) is 0 Å². The van der Waals surface area contributed by atoms with E-state index in [0.717, 1.165) is 38.5 Å². The monoisotopic (exact) mass is 453 g/mol. The van der Waals surface area contributed by atoms with Crippen molar-refractivity contribution in [3.63, 3.8) is 0 Å². The molecular formula is C25H35N5O3. The van der Waals surface area contributed by atoms with Gasteiger partial charge in [0.15, 0.2) is 0 Å². The van der Waals surface area contributed by atoms with Gasteiger partial charge in [-0.25, -0.2) is 9.78 Å². The Labute approximate surface area is 195 Å². The summed E-state index contributed by atoms with van der Waals surface area (Å²) in [6.07, 6.45) is 5.28. The molecule has 2 atom stereocenters. The number of carbonyl (C=O) groups is 1. The molecule has 2 heterocycles. The summed E-state index contributed by atoms with van der Waals surface area (Å²) in [5, 5.41) is 11.5. The number of H-pyrrole nitrogens is 1. The molecule has 33 heavy (non-hydrogen) atoms. The lowest BCUT2D eigenvalue weighted by Gasteiger charge is -2.31. The molecule has 3 rings (SSSR count). The molecule has 8 nitrogen and oxygen atoms in total. The minimum atomic E-state index is -0.399. The molecule has 0 saturated carbocycles. The van der Waals surface area contributed by atoms with Crippen LogP contribution in [-0.2, 0) is 0 Å². The van der Waals surface area contributed by atoms with Crippen LogP contribution in [0.15, 0.2) is 35.1 Å². The quantitative estimate of drug-likeness (QED) is 0.467. The summed E-state index contributed by atoms with van der Waals surface area (Å²) in [5.41, 5.74) is 0.147. The molecule has 1 aromatic heterocycles. The van der Waals surface area contributed by atoms with E-state index in [4.69, 9.17) is 15.1 Å². The van der Waals surface area contributed by atoms with Gasteiger partial charge in [0.2, 0.25) is 0 Å². The highest BCUT2D eigenvalue weighted by molar-refractivity contribution is 6.00. The zero-order valence-corrected chi connectivity index (χ0v) is 19.8. The fraction of sp³-hybridized carbons (Fsp3) is 0.520. The van der Waals surface area contributed by atoms with Crippen LogP contribution in [0.5, 0.6) is 5.75 Å². The average molecular weight is 454 g/mol. The number of nitrogens with one attached hydrogen (secondary N) is 3. The number of rotatable bonds is 9. The molecule has 0 radical (unpaired) electrons. The number of nitrogens with zero attached hydrogens (tertiary/aromatic N) is 2. The molecule has 1 aromatic carbocycles. The lowest BCUT2D eigenvalue weighted by Crippen LogP contribution is -2.41. The molecule has 1 amide bonds. The lowest BCUT2D eigenvalue weighted by atomic mass is 9.97. The highest BCUT2D eigenvalue weighted by atomic mass is 16.6. The van der Waals surface area contributed by atoms with Crippen molar-refractivity contribution in [2.75, 3.05) is 18.4 Å². The number of benzene rings is 1. The number of hydrogen-bond donors (Lipinski definition) is 3. The van der Waals surface area contributed by atoms with E-state index in [2.05, 4.69) is 24.1 Å². The Balaban J connectivity index is 1.81. The van der Waals surface area contributed by atoms with Gasteiger partial charge >= 0.3 is 6.09 Å². The van der Waals surface area contributed by atoms with Crippen molar-refractivity contribution in [3.05, 3.63) is 52.1 Å². The second kappa shape index (κ2) is 11.6. The summed E-state index contributed by atoms with van der Waals surface area (Å²) in [6, 6.07) is 9.19. The number of hydrogen-bond acceptors (Lipinski definition) is 6. The number of aromatic nitrogens is 2. The van der Waals surface area contributed by atoms with E-state index in [1.165, 1.54) is 0 Å². The highest BCUT2D eigenvalue weighted by Crippen LogP contribution is 2.26. The number of anilines is 1. The van der Waals surface area contributed by atoms with Crippen LogP contribution in [0.25, 0.3) is 0 Å². The van der Waals surface area contributed by atoms with Crippen molar-refractivity contribution in [1.29, 1.82) is 5.41 Å². The molecule has 1 aliphatic rings. The topological polar surface area (TPSA) is 111 Å². The first-order valence-electron chi connectivity index (χ1n) is 11.9. The summed E-state index contributed by atoms with van der Waals surface area (Å²) in [5.74, 6) is 1.42. The van der Waals surface area contributed by atoms with Crippen LogP contribution in [0.4, 0.5) is 10.6 Å². The number of likely N-dealkylation sites (tertiary alicyclic amines) is 1.